The fraction of sp³-hybridized carbons (Fsp3) is 0.474. The zero-order chi connectivity index (χ0) is 17.6. The molecule has 5 nitrogen and oxygen atoms in total. The van der Waals surface area contributed by atoms with Crippen molar-refractivity contribution in [3.05, 3.63) is 53.9 Å². The molecule has 0 saturated carbocycles. The quantitative estimate of drug-likeness (QED) is 0.877. The molecule has 0 radical (unpaired) electrons. The van der Waals surface area contributed by atoms with E-state index in [4.69, 9.17) is 0 Å². The van der Waals surface area contributed by atoms with Gasteiger partial charge in [-0.3, -0.25) is 9.69 Å². The molecular weight excluding hydrogens is 319 g/mol. The highest BCUT2D eigenvalue weighted by molar-refractivity contribution is 5.78. The second-order valence-corrected chi connectivity index (χ2v) is 6.46. The molecule has 1 atom stereocenters. The average Bonchev–Trinajstić information content (AvgIpc) is 3.10. The number of aromatic nitrogens is 2. The van der Waals surface area contributed by atoms with Crippen molar-refractivity contribution >= 4 is 5.91 Å². The summed E-state index contributed by atoms with van der Waals surface area (Å²) in [6.45, 7) is 4.68. The van der Waals surface area contributed by atoms with Crippen molar-refractivity contribution in [1.29, 1.82) is 0 Å². The van der Waals surface area contributed by atoms with Gasteiger partial charge in [-0.1, -0.05) is 18.6 Å². The Morgan fingerprint density at radius 3 is 2.88 bits per heavy atom. The maximum atomic E-state index is 12.9. The summed E-state index contributed by atoms with van der Waals surface area (Å²) in [5, 5.41) is 2.93. The molecule has 1 amide bonds. The zero-order valence-electron chi connectivity index (χ0n) is 14.6. The van der Waals surface area contributed by atoms with Crippen LogP contribution in [0.3, 0.4) is 0 Å². The number of imidazole rings is 1. The largest absolute Gasteiger partial charge is 0.351 e. The van der Waals surface area contributed by atoms with Crippen LogP contribution in [-0.4, -0.2) is 33.4 Å². The van der Waals surface area contributed by atoms with E-state index in [2.05, 4.69) is 26.7 Å². The highest BCUT2D eigenvalue weighted by Gasteiger charge is 2.28. The lowest BCUT2D eigenvalue weighted by molar-refractivity contribution is -0.123. The van der Waals surface area contributed by atoms with E-state index in [1.807, 2.05) is 12.4 Å². The maximum absolute atomic E-state index is 12.9. The van der Waals surface area contributed by atoms with Crippen molar-refractivity contribution in [3.8, 4) is 0 Å². The number of benzene rings is 1. The SMILES string of the molecule is CCn1ccnc1[C@@H]1CCCCN1CC(=O)NCc1ccc(F)cc1. The predicted octanol–water partition coefficient (Wildman–Crippen LogP) is 2.89. The molecule has 1 fully saturated rings. The molecule has 134 valence electrons. The number of aryl methyl sites for hydroxylation is 1. The second-order valence-electron chi connectivity index (χ2n) is 6.46. The Hall–Kier alpha value is -2.21. The normalized spacial score (nSPS) is 18.2. The number of halogens is 1. The molecule has 0 spiro atoms. The van der Waals surface area contributed by atoms with Gasteiger partial charge in [-0.05, 0) is 44.0 Å². The van der Waals surface area contributed by atoms with Crippen molar-refractivity contribution in [1.82, 2.24) is 19.8 Å². The molecule has 1 aliphatic heterocycles. The van der Waals surface area contributed by atoms with Crippen LogP contribution in [0.1, 0.15) is 43.6 Å². The summed E-state index contributed by atoms with van der Waals surface area (Å²) in [4.78, 5) is 19.1. The summed E-state index contributed by atoms with van der Waals surface area (Å²) < 4.78 is 15.1. The molecule has 25 heavy (non-hydrogen) atoms. The first kappa shape index (κ1) is 17.6. The van der Waals surface area contributed by atoms with E-state index in [1.54, 1.807) is 12.1 Å². The number of likely N-dealkylation sites (tertiary alicyclic amines) is 1. The number of amides is 1. The van der Waals surface area contributed by atoms with Crippen LogP contribution in [-0.2, 0) is 17.9 Å². The molecule has 0 bridgehead atoms. The van der Waals surface area contributed by atoms with Crippen LogP contribution in [0, 0.1) is 5.82 Å². The van der Waals surface area contributed by atoms with Gasteiger partial charge in [-0.25, -0.2) is 9.37 Å². The Kier molecular flexibility index (Phi) is 5.81. The number of carbonyl (C=O) groups excluding carboxylic acids is 1. The van der Waals surface area contributed by atoms with Gasteiger partial charge < -0.3 is 9.88 Å². The maximum Gasteiger partial charge on any atom is 0.234 e. The van der Waals surface area contributed by atoms with E-state index in [1.165, 1.54) is 12.1 Å². The summed E-state index contributed by atoms with van der Waals surface area (Å²) >= 11 is 0. The van der Waals surface area contributed by atoms with Gasteiger partial charge in [0, 0.05) is 25.5 Å². The summed E-state index contributed by atoms with van der Waals surface area (Å²) in [6, 6.07) is 6.40. The smallest absolute Gasteiger partial charge is 0.234 e. The number of hydrogen-bond donors (Lipinski definition) is 1. The molecule has 1 N–H and O–H groups in total. The van der Waals surface area contributed by atoms with Crippen molar-refractivity contribution in [3.63, 3.8) is 0 Å². The summed E-state index contributed by atoms with van der Waals surface area (Å²) in [6.07, 6.45) is 7.13. The van der Waals surface area contributed by atoms with Gasteiger partial charge in [-0.15, -0.1) is 0 Å². The van der Waals surface area contributed by atoms with Crippen LogP contribution in [0.5, 0.6) is 0 Å². The Balaban J connectivity index is 1.59. The fourth-order valence-electron chi connectivity index (χ4n) is 3.40. The molecular formula is C19H25FN4O. The summed E-state index contributed by atoms with van der Waals surface area (Å²) in [7, 11) is 0. The standard InChI is InChI=1S/C19H25FN4O/c1-2-23-12-10-21-19(23)17-5-3-4-11-24(17)14-18(25)22-13-15-6-8-16(20)9-7-15/h6-10,12,17H,2-5,11,13-14H2,1H3,(H,22,25)/t17-/m0/s1. The first-order valence-electron chi connectivity index (χ1n) is 8.93. The van der Waals surface area contributed by atoms with Crippen molar-refractivity contribution in [2.45, 2.75) is 45.3 Å². The van der Waals surface area contributed by atoms with Gasteiger partial charge in [0.1, 0.15) is 11.6 Å². The van der Waals surface area contributed by atoms with Crippen LogP contribution in [0.4, 0.5) is 4.39 Å². The minimum absolute atomic E-state index is 0.00849. The fourth-order valence-corrected chi connectivity index (χ4v) is 3.40. The lowest BCUT2D eigenvalue weighted by Gasteiger charge is -2.34. The van der Waals surface area contributed by atoms with E-state index in [0.717, 1.165) is 43.7 Å². The van der Waals surface area contributed by atoms with E-state index in [-0.39, 0.29) is 17.8 Å². The van der Waals surface area contributed by atoms with Crippen molar-refractivity contribution < 1.29 is 9.18 Å². The Bertz CT molecular complexity index is 698. The molecule has 1 aliphatic rings. The van der Waals surface area contributed by atoms with Crippen LogP contribution in [0.25, 0.3) is 0 Å². The lowest BCUT2D eigenvalue weighted by atomic mass is 10.0. The minimum atomic E-state index is -0.266. The first-order valence-corrected chi connectivity index (χ1v) is 8.93. The average molecular weight is 344 g/mol. The third kappa shape index (κ3) is 4.45. The highest BCUT2D eigenvalue weighted by Crippen LogP contribution is 2.29. The zero-order valence-corrected chi connectivity index (χ0v) is 14.6. The molecule has 2 aromatic rings. The molecule has 2 heterocycles. The monoisotopic (exact) mass is 344 g/mol. The van der Waals surface area contributed by atoms with Crippen LogP contribution >= 0.6 is 0 Å². The number of carbonyl (C=O) groups is 1. The van der Waals surface area contributed by atoms with E-state index < -0.39 is 0 Å². The topological polar surface area (TPSA) is 50.2 Å². The number of nitrogens with zero attached hydrogens (tertiary/aromatic N) is 3. The molecule has 0 unspecified atom stereocenters. The Morgan fingerprint density at radius 1 is 1.32 bits per heavy atom. The summed E-state index contributed by atoms with van der Waals surface area (Å²) in [5.74, 6) is 0.775. The summed E-state index contributed by atoms with van der Waals surface area (Å²) in [5.41, 5.74) is 0.895. The number of hydrogen-bond acceptors (Lipinski definition) is 3. The molecule has 1 saturated heterocycles. The molecule has 1 aromatic heterocycles. The van der Waals surface area contributed by atoms with Crippen LogP contribution in [0.2, 0.25) is 0 Å². The molecule has 3 rings (SSSR count). The van der Waals surface area contributed by atoms with E-state index in [9.17, 15) is 9.18 Å². The van der Waals surface area contributed by atoms with E-state index >= 15 is 0 Å². The van der Waals surface area contributed by atoms with Gasteiger partial charge >= 0.3 is 0 Å². The van der Waals surface area contributed by atoms with Crippen LogP contribution in [0.15, 0.2) is 36.7 Å². The number of piperidine rings is 1. The third-order valence-electron chi connectivity index (χ3n) is 4.75. The Labute approximate surface area is 147 Å². The first-order chi connectivity index (χ1) is 12.2. The van der Waals surface area contributed by atoms with Crippen molar-refractivity contribution in [2.24, 2.45) is 0 Å². The van der Waals surface area contributed by atoms with Gasteiger partial charge in [0.25, 0.3) is 0 Å². The van der Waals surface area contributed by atoms with Gasteiger partial charge in [0.2, 0.25) is 5.91 Å². The van der Waals surface area contributed by atoms with Crippen molar-refractivity contribution in [2.75, 3.05) is 13.1 Å². The number of rotatable bonds is 6. The predicted molar refractivity (Wildman–Crippen MR) is 94.3 cm³/mol. The van der Waals surface area contributed by atoms with Gasteiger partial charge in [0.05, 0.1) is 12.6 Å². The third-order valence-corrected chi connectivity index (χ3v) is 4.75. The Morgan fingerprint density at radius 2 is 2.12 bits per heavy atom. The van der Waals surface area contributed by atoms with Crippen LogP contribution < -0.4 is 5.32 Å². The second kappa shape index (κ2) is 8.25. The van der Waals surface area contributed by atoms with Gasteiger partial charge in [0.15, 0.2) is 0 Å². The molecule has 1 aromatic carbocycles. The minimum Gasteiger partial charge on any atom is -0.351 e. The molecule has 6 heteroatoms. The lowest BCUT2D eigenvalue weighted by Crippen LogP contribution is -2.42. The van der Waals surface area contributed by atoms with Gasteiger partial charge in [-0.2, -0.15) is 0 Å². The molecule has 0 aliphatic carbocycles. The highest BCUT2D eigenvalue weighted by atomic mass is 19.1. The van der Waals surface area contributed by atoms with E-state index in [0.29, 0.717) is 13.1 Å². The number of nitrogens with one attached hydrogen (secondary N) is 1.